The van der Waals surface area contributed by atoms with Crippen molar-refractivity contribution in [3.8, 4) is 5.69 Å². The molecule has 2 heterocycles. The van der Waals surface area contributed by atoms with Crippen molar-refractivity contribution in [2.75, 3.05) is 10.6 Å². The van der Waals surface area contributed by atoms with Crippen molar-refractivity contribution < 1.29 is 9.59 Å². The van der Waals surface area contributed by atoms with Gasteiger partial charge in [-0.05, 0) is 56.2 Å². The molecule has 27 heavy (non-hydrogen) atoms. The number of nitrogens with zero attached hydrogens (tertiary/aromatic N) is 2. The van der Waals surface area contributed by atoms with Gasteiger partial charge in [-0.2, -0.15) is 5.10 Å². The van der Waals surface area contributed by atoms with Crippen LogP contribution in [0.3, 0.4) is 0 Å². The molecule has 8 heteroatoms. The molecule has 0 radical (unpaired) electrons. The monoisotopic (exact) mass is 400 g/mol. The Morgan fingerprint density at radius 2 is 1.89 bits per heavy atom. The zero-order chi connectivity index (χ0) is 19.0. The quantitative estimate of drug-likeness (QED) is 0.662. The molecule has 4 rings (SSSR count). The number of nitrogens with one attached hydrogen (secondary N) is 2. The van der Waals surface area contributed by atoms with E-state index in [0.717, 1.165) is 24.2 Å². The molecule has 3 aromatic rings. The van der Waals surface area contributed by atoms with E-state index in [-0.39, 0.29) is 17.7 Å². The van der Waals surface area contributed by atoms with Crippen LogP contribution in [0.25, 0.3) is 5.69 Å². The lowest BCUT2D eigenvalue weighted by Gasteiger charge is -2.08. The summed E-state index contributed by atoms with van der Waals surface area (Å²) >= 11 is 7.20. The number of carbonyl (C=O) groups is 2. The van der Waals surface area contributed by atoms with Gasteiger partial charge in [-0.1, -0.05) is 11.6 Å². The van der Waals surface area contributed by atoms with Gasteiger partial charge in [0.25, 0.3) is 5.91 Å². The summed E-state index contributed by atoms with van der Waals surface area (Å²) in [6.07, 6.45) is 1.89. The number of anilines is 2. The van der Waals surface area contributed by atoms with Crippen molar-refractivity contribution in [3.05, 3.63) is 58.1 Å². The highest BCUT2D eigenvalue weighted by molar-refractivity contribution is 7.18. The maximum Gasteiger partial charge on any atom is 0.266 e. The lowest BCUT2D eigenvalue weighted by Crippen LogP contribution is -2.14. The van der Waals surface area contributed by atoms with Crippen molar-refractivity contribution in [2.45, 2.75) is 19.8 Å². The summed E-state index contributed by atoms with van der Waals surface area (Å²) in [5, 5.41) is 11.5. The average Bonchev–Trinajstić information content (AvgIpc) is 3.29. The van der Waals surface area contributed by atoms with Crippen LogP contribution in [-0.4, -0.2) is 21.6 Å². The Morgan fingerprint density at radius 3 is 2.59 bits per heavy atom. The fourth-order valence-electron chi connectivity index (χ4n) is 2.64. The summed E-state index contributed by atoms with van der Waals surface area (Å²) in [5.41, 5.74) is 1.58. The maximum absolute atomic E-state index is 12.6. The molecule has 138 valence electrons. The number of benzene rings is 1. The zero-order valence-electron chi connectivity index (χ0n) is 14.5. The van der Waals surface area contributed by atoms with E-state index in [1.54, 1.807) is 35.0 Å². The molecule has 0 aliphatic heterocycles. The lowest BCUT2D eigenvalue weighted by atomic mass is 10.3. The van der Waals surface area contributed by atoms with Crippen molar-refractivity contribution in [1.82, 2.24) is 9.78 Å². The highest BCUT2D eigenvalue weighted by atomic mass is 35.5. The van der Waals surface area contributed by atoms with Gasteiger partial charge in [0, 0.05) is 17.0 Å². The van der Waals surface area contributed by atoms with Crippen LogP contribution in [0.4, 0.5) is 10.8 Å². The molecule has 1 aliphatic carbocycles. The molecule has 2 amide bonds. The molecule has 0 spiro atoms. The molecule has 1 aromatic carbocycles. The summed E-state index contributed by atoms with van der Waals surface area (Å²) in [5.74, 6) is 0.472. The number of thiophene rings is 1. The number of carbonyl (C=O) groups excluding carboxylic acids is 2. The van der Waals surface area contributed by atoms with Gasteiger partial charge in [0.1, 0.15) is 5.82 Å². The Bertz CT molecular complexity index is 1010. The van der Waals surface area contributed by atoms with Gasteiger partial charge in [-0.15, -0.1) is 11.3 Å². The van der Waals surface area contributed by atoms with E-state index in [1.165, 1.54) is 11.3 Å². The minimum absolute atomic E-state index is 0.0280. The fourth-order valence-corrected chi connectivity index (χ4v) is 3.57. The van der Waals surface area contributed by atoms with Gasteiger partial charge in [0.2, 0.25) is 5.91 Å². The van der Waals surface area contributed by atoms with Crippen LogP contribution in [0.15, 0.2) is 42.5 Å². The van der Waals surface area contributed by atoms with Crippen LogP contribution in [0, 0.1) is 12.8 Å². The second-order valence-electron chi connectivity index (χ2n) is 6.44. The van der Waals surface area contributed by atoms with Gasteiger partial charge in [0.15, 0.2) is 0 Å². The largest absolute Gasteiger partial charge is 0.317 e. The summed E-state index contributed by atoms with van der Waals surface area (Å²) in [7, 11) is 0. The summed E-state index contributed by atoms with van der Waals surface area (Å²) in [4.78, 5) is 25.0. The molecular formula is C19H17ClN4O2S. The Hall–Kier alpha value is -2.64. The highest BCUT2D eigenvalue weighted by Crippen LogP contribution is 2.32. The fraction of sp³-hybridized carbons (Fsp3) is 0.211. The molecule has 0 unspecified atom stereocenters. The molecular weight excluding hydrogens is 384 g/mol. The Labute approximate surface area is 165 Å². The first kappa shape index (κ1) is 17.8. The number of hydrogen-bond donors (Lipinski definition) is 2. The van der Waals surface area contributed by atoms with Crippen LogP contribution in [0.2, 0.25) is 5.02 Å². The van der Waals surface area contributed by atoms with Crippen LogP contribution in [0.5, 0.6) is 0 Å². The third-order valence-electron chi connectivity index (χ3n) is 4.17. The Kier molecular flexibility index (Phi) is 4.72. The highest BCUT2D eigenvalue weighted by Gasteiger charge is 2.30. The minimum Gasteiger partial charge on any atom is -0.317 e. The number of amides is 2. The van der Waals surface area contributed by atoms with Crippen molar-refractivity contribution in [3.63, 3.8) is 0 Å². The zero-order valence-corrected chi connectivity index (χ0v) is 16.1. The third-order valence-corrected chi connectivity index (χ3v) is 5.42. The van der Waals surface area contributed by atoms with E-state index >= 15 is 0 Å². The van der Waals surface area contributed by atoms with E-state index in [4.69, 9.17) is 11.6 Å². The number of rotatable bonds is 5. The van der Waals surface area contributed by atoms with Gasteiger partial charge in [-0.25, -0.2) is 4.68 Å². The summed E-state index contributed by atoms with van der Waals surface area (Å²) in [6, 6.07) is 12.5. The Balaban J connectivity index is 1.50. The van der Waals surface area contributed by atoms with Crippen molar-refractivity contribution in [1.29, 1.82) is 0 Å². The SMILES string of the molecule is Cc1cc(NC(=O)c2ccc(NC(=O)C3CC3)s2)n(-c2ccc(Cl)cc2)n1. The summed E-state index contributed by atoms with van der Waals surface area (Å²) < 4.78 is 1.66. The van der Waals surface area contributed by atoms with E-state index in [2.05, 4.69) is 15.7 Å². The normalized spacial score (nSPS) is 13.4. The predicted molar refractivity (Wildman–Crippen MR) is 107 cm³/mol. The molecule has 2 N–H and O–H groups in total. The second-order valence-corrected chi connectivity index (χ2v) is 7.96. The molecule has 1 aliphatic rings. The molecule has 1 fully saturated rings. The van der Waals surface area contributed by atoms with Gasteiger partial charge >= 0.3 is 0 Å². The van der Waals surface area contributed by atoms with Gasteiger partial charge in [-0.3, -0.25) is 9.59 Å². The predicted octanol–water partition coefficient (Wildman–Crippen LogP) is 4.50. The Morgan fingerprint density at radius 1 is 1.15 bits per heavy atom. The topological polar surface area (TPSA) is 76.0 Å². The molecule has 1 saturated carbocycles. The number of aryl methyl sites for hydroxylation is 1. The number of hydrogen-bond acceptors (Lipinski definition) is 4. The van der Waals surface area contributed by atoms with E-state index in [1.807, 2.05) is 19.1 Å². The first-order chi connectivity index (χ1) is 13.0. The lowest BCUT2D eigenvalue weighted by molar-refractivity contribution is -0.117. The summed E-state index contributed by atoms with van der Waals surface area (Å²) in [6.45, 7) is 1.86. The maximum atomic E-state index is 12.6. The second kappa shape index (κ2) is 7.17. The van der Waals surface area contributed by atoms with Gasteiger partial charge in [0.05, 0.1) is 21.3 Å². The smallest absolute Gasteiger partial charge is 0.266 e. The molecule has 0 atom stereocenters. The molecule has 0 saturated heterocycles. The molecule has 6 nitrogen and oxygen atoms in total. The van der Waals surface area contributed by atoms with Crippen LogP contribution >= 0.6 is 22.9 Å². The number of aromatic nitrogens is 2. The number of halogens is 1. The average molecular weight is 401 g/mol. The van der Waals surface area contributed by atoms with E-state index < -0.39 is 0 Å². The first-order valence-corrected chi connectivity index (χ1v) is 9.74. The minimum atomic E-state index is -0.248. The van der Waals surface area contributed by atoms with Crippen LogP contribution in [-0.2, 0) is 4.79 Å². The van der Waals surface area contributed by atoms with Crippen molar-refractivity contribution in [2.24, 2.45) is 5.92 Å². The third kappa shape index (κ3) is 4.04. The van der Waals surface area contributed by atoms with Gasteiger partial charge < -0.3 is 10.6 Å². The standard InChI is InChI=1S/C19H17ClN4O2S/c1-11-10-16(24(23-11)14-6-4-13(20)5-7-14)21-19(26)15-8-9-17(27-15)22-18(25)12-2-3-12/h4-10,12H,2-3H2,1H3,(H,21,26)(H,22,25). The van der Waals surface area contributed by atoms with Crippen LogP contribution < -0.4 is 10.6 Å². The van der Waals surface area contributed by atoms with E-state index in [9.17, 15) is 9.59 Å². The van der Waals surface area contributed by atoms with Crippen molar-refractivity contribution >= 4 is 45.6 Å². The molecule has 2 aromatic heterocycles. The van der Waals surface area contributed by atoms with Crippen LogP contribution in [0.1, 0.15) is 28.2 Å². The first-order valence-electron chi connectivity index (χ1n) is 8.54. The molecule has 0 bridgehead atoms. The van der Waals surface area contributed by atoms with E-state index in [0.29, 0.717) is 20.7 Å².